The zero-order valence-corrected chi connectivity index (χ0v) is 19.1. The predicted octanol–water partition coefficient (Wildman–Crippen LogP) is 7.00. The fourth-order valence-electron chi connectivity index (χ4n) is 3.63. The minimum atomic E-state index is -5.02. The fourth-order valence-corrected chi connectivity index (χ4v) is 3.63. The van der Waals surface area contributed by atoms with Crippen molar-refractivity contribution in [3.63, 3.8) is 0 Å². The van der Waals surface area contributed by atoms with Crippen LogP contribution in [-0.4, -0.2) is 32.3 Å². The van der Waals surface area contributed by atoms with Gasteiger partial charge in [-0.3, -0.25) is 0 Å². The number of hydrogen-bond donors (Lipinski definition) is 2. The summed E-state index contributed by atoms with van der Waals surface area (Å²) in [4.78, 5) is 14.4. The maximum Gasteiger partial charge on any atom is 0.416 e. The zero-order chi connectivity index (χ0) is 26.6. The van der Waals surface area contributed by atoms with E-state index in [-0.39, 0.29) is 11.8 Å². The molecule has 0 aliphatic carbocycles. The second-order valence-corrected chi connectivity index (χ2v) is 8.10. The Kier molecular flexibility index (Phi) is 7.48. The molecule has 0 aromatic heterocycles. The number of carbonyl (C=O) groups excluding carboxylic acids is 1. The third-order valence-electron chi connectivity index (χ3n) is 5.39. The normalized spacial score (nSPS) is 14.3. The summed E-state index contributed by atoms with van der Waals surface area (Å²) in [6.07, 6.45) is -10.0. The van der Waals surface area contributed by atoms with Crippen molar-refractivity contribution < 1.29 is 40.6 Å². The van der Waals surface area contributed by atoms with Crippen LogP contribution in [0.5, 0.6) is 11.5 Å². The highest BCUT2D eigenvalue weighted by molar-refractivity contribution is 5.99. The first-order valence-electron chi connectivity index (χ1n) is 11.1. The maximum atomic E-state index is 13.0. The molecule has 0 radical (unpaired) electrons. The van der Waals surface area contributed by atoms with Gasteiger partial charge in [-0.15, -0.1) is 0 Å². The number of alkyl halides is 6. The summed E-state index contributed by atoms with van der Waals surface area (Å²) in [5, 5.41) is 4.38. The lowest BCUT2D eigenvalue weighted by atomic mass is 10.1. The maximum absolute atomic E-state index is 13.0. The third-order valence-corrected chi connectivity index (χ3v) is 5.39. The van der Waals surface area contributed by atoms with E-state index in [1.54, 1.807) is 18.2 Å². The van der Waals surface area contributed by atoms with Crippen molar-refractivity contribution in [3.8, 4) is 11.5 Å². The summed E-state index contributed by atoms with van der Waals surface area (Å²) in [7, 11) is 0. The topological polar surface area (TPSA) is 62.8 Å². The van der Waals surface area contributed by atoms with Crippen molar-refractivity contribution in [3.05, 3.63) is 77.9 Å². The summed E-state index contributed by atoms with van der Waals surface area (Å²) < 4.78 is 89.3. The van der Waals surface area contributed by atoms with Gasteiger partial charge in [0.1, 0.15) is 11.5 Å². The Bertz CT molecular complexity index is 1210. The van der Waals surface area contributed by atoms with Crippen molar-refractivity contribution in [2.24, 2.45) is 0 Å². The molecule has 1 fully saturated rings. The molecular weight excluding hydrogens is 504 g/mol. The van der Waals surface area contributed by atoms with E-state index in [0.29, 0.717) is 36.8 Å². The minimum absolute atomic E-state index is 0.0154. The lowest BCUT2D eigenvalue weighted by molar-refractivity contribution is -0.143. The first-order chi connectivity index (χ1) is 17.5. The van der Waals surface area contributed by atoms with Crippen LogP contribution in [0.15, 0.2) is 66.7 Å². The van der Waals surface area contributed by atoms with Crippen molar-refractivity contribution in [2.45, 2.75) is 12.4 Å². The number of ether oxygens (including phenoxy) is 2. The first-order valence-corrected chi connectivity index (χ1v) is 11.1. The molecule has 1 aliphatic heterocycles. The lowest BCUT2D eigenvalue weighted by Gasteiger charge is -2.29. The first kappa shape index (κ1) is 26.1. The molecule has 0 spiro atoms. The molecule has 0 unspecified atom stereocenters. The fraction of sp³-hybridized carbons (Fsp3) is 0.240. The van der Waals surface area contributed by atoms with Crippen molar-refractivity contribution in [1.82, 2.24) is 0 Å². The quantitative estimate of drug-likeness (QED) is 0.352. The van der Waals surface area contributed by atoms with Crippen LogP contribution >= 0.6 is 0 Å². The van der Waals surface area contributed by atoms with E-state index in [2.05, 4.69) is 10.2 Å². The van der Waals surface area contributed by atoms with E-state index in [0.717, 1.165) is 18.8 Å². The van der Waals surface area contributed by atoms with Gasteiger partial charge in [-0.2, -0.15) is 26.3 Å². The van der Waals surface area contributed by atoms with E-state index >= 15 is 0 Å². The Morgan fingerprint density at radius 1 is 0.757 bits per heavy atom. The van der Waals surface area contributed by atoms with Gasteiger partial charge in [0.25, 0.3) is 0 Å². The van der Waals surface area contributed by atoms with Gasteiger partial charge in [-0.05, 0) is 54.6 Å². The Morgan fingerprint density at radius 3 is 1.95 bits per heavy atom. The molecule has 37 heavy (non-hydrogen) atoms. The molecule has 1 heterocycles. The monoisotopic (exact) mass is 525 g/mol. The molecule has 3 aromatic carbocycles. The molecular formula is C25H21F6N3O3. The van der Waals surface area contributed by atoms with Crippen LogP contribution in [-0.2, 0) is 17.1 Å². The van der Waals surface area contributed by atoms with E-state index in [4.69, 9.17) is 9.47 Å². The van der Waals surface area contributed by atoms with Crippen LogP contribution in [0.1, 0.15) is 11.1 Å². The second kappa shape index (κ2) is 10.6. The van der Waals surface area contributed by atoms with Gasteiger partial charge >= 0.3 is 18.4 Å². The predicted molar refractivity (Wildman–Crippen MR) is 125 cm³/mol. The summed E-state index contributed by atoms with van der Waals surface area (Å²) in [6.45, 7) is 2.82. The molecule has 4 rings (SSSR count). The number of hydrogen-bond acceptors (Lipinski definition) is 4. The molecule has 3 aromatic rings. The minimum Gasteiger partial charge on any atom is -0.457 e. The molecule has 0 bridgehead atoms. The largest absolute Gasteiger partial charge is 0.457 e. The highest BCUT2D eigenvalue weighted by atomic mass is 19.4. The number of nitrogens with zero attached hydrogens (tertiary/aromatic N) is 1. The van der Waals surface area contributed by atoms with E-state index < -0.39 is 35.2 Å². The SMILES string of the molecule is O=C(Nc1ccc(Oc2cccc(N3CCOCC3)c2)cc1)Nc1cc(C(F)(F)F)cc(C(F)(F)F)c1. The Hall–Kier alpha value is -3.93. The van der Waals surface area contributed by atoms with Crippen molar-refractivity contribution in [1.29, 1.82) is 0 Å². The summed E-state index contributed by atoms with van der Waals surface area (Å²) in [6, 6.07) is 13.4. The molecule has 2 N–H and O–H groups in total. The standard InChI is InChI=1S/C25H21F6N3O3/c26-24(27,28)16-12-17(25(29,30)31)14-19(13-16)33-23(35)32-18-4-6-21(7-5-18)37-22-3-1-2-20(15-22)34-8-10-36-11-9-34/h1-7,12-15H,8-11H2,(H2,32,33,35). The molecule has 6 nitrogen and oxygen atoms in total. The summed E-state index contributed by atoms with van der Waals surface area (Å²) >= 11 is 0. The number of morpholine rings is 1. The molecule has 196 valence electrons. The van der Waals surface area contributed by atoms with Crippen molar-refractivity contribution >= 4 is 23.1 Å². The van der Waals surface area contributed by atoms with Gasteiger partial charge in [0.05, 0.1) is 24.3 Å². The van der Waals surface area contributed by atoms with E-state index in [1.807, 2.05) is 23.5 Å². The Balaban J connectivity index is 1.40. The number of amides is 2. The highest BCUT2D eigenvalue weighted by Gasteiger charge is 2.37. The molecule has 0 atom stereocenters. The van der Waals surface area contributed by atoms with Gasteiger partial charge in [0, 0.05) is 36.2 Å². The molecule has 12 heteroatoms. The smallest absolute Gasteiger partial charge is 0.416 e. The zero-order valence-electron chi connectivity index (χ0n) is 19.1. The third kappa shape index (κ3) is 7.06. The molecule has 1 aliphatic rings. The summed E-state index contributed by atoms with van der Waals surface area (Å²) in [5.41, 5.74) is -2.48. The Labute approximate surface area is 207 Å². The number of carbonyl (C=O) groups is 1. The molecule has 1 saturated heterocycles. The van der Waals surface area contributed by atoms with Crippen LogP contribution in [0.25, 0.3) is 0 Å². The number of anilines is 3. The number of nitrogens with one attached hydrogen (secondary N) is 2. The van der Waals surface area contributed by atoms with Gasteiger partial charge in [0.15, 0.2) is 0 Å². The van der Waals surface area contributed by atoms with Crippen LogP contribution in [0.4, 0.5) is 48.2 Å². The van der Waals surface area contributed by atoms with Crippen LogP contribution in [0, 0.1) is 0 Å². The van der Waals surface area contributed by atoms with Gasteiger partial charge in [-0.25, -0.2) is 4.79 Å². The van der Waals surface area contributed by atoms with Crippen molar-refractivity contribution in [2.75, 3.05) is 41.8 Å². The van der Waals surface area contributed by atoms with Crippen LogP contribution in [0.3, 0.4) is 0 Å². The van der Waals surface area contributed by atoms with Gasteiger partial charge < -0.3 is 25.0 Å². The highest BCUT2D eigenvalue weighted by Crippen LogP contribution is 2.37. The summed E-state index contributed by atoms with van der Waals surface area (Å²) in [5.74, 6) is 1.05. The Morgan fingerprint density at radius 2 is 1.35 bits per heavy atom. The van der Waals surface area contributed by atoms with Gasteiger partial charge in [-0.1, -0.05) is 6.07 Å². The van der Waals surface area contributed by atoms with Gasteiger partial charge in [0.2, 0.25) is 0 Å². The average molecular weight is 525 g/mol. The van der Waals surface area contributed by atoms with E-state index in [1.165, 1.54) is 12.1 Å². The number of urea groups is 1. The number of rotatable bonds is 5. The molecule has 0 saturated carbocycles. The molecule has 2 amide bonds. The van der Waals surface area contributed by atoms with E-state index in [9.17, 15) is 31.1 Å². The van der Waals surface area contributed by atoms with Crippen LogP contribution in [0.2, 0.25) is 0 Å². The lowest BCUT2D eigenvalue weighted by Crippen LogP contribution is -2.36. The average Bonchev–Trinajstić information content (AvgIpc) is 2.85. The van der Waals surface area contributed by atoms with Crippen LogP contribution < -0.4 is 20.3 Å². The second-order valence-electron chi connectivity index (χ2n) is 8.10. The number of halogens is 6. The number of benzene rings is 3.